The van der Waals surface area contributed by atoms with Crippen molar-refractivity contribution in [1.29, 1.82) is 5.26 Å². The van der Waals surface area contributed by atoms with E-state index in [4.69, 9.17) is 16.1 Å². The van der Waals surface area contributed by atoms with Gasteiger partial charge in [-0.05, 0) is 56.7 Å². The van der Waals surface area contributed by atoms with E-state index in [1.54, 1.807) is 19.2 Å². The first-order valence-corrected chi connectivity index (χ1v) is 8.38. The van der Waals surface area contributed by atoms with Crippen molar-refractivity contribution in [3.63, 3.8) is 0 Å². The van der Waals surface area contributed by atoms with E-state index in [1.165, 1.54) is 0 Å². The van der Waals surface area contributed by atoms with Gasteiger partial charge in [0.05, 0.1) is 11.6 Å². The summed E-state index contributed by atoms with van der Waals surface area (Å²) >= 11 is 6.08. The second-order valence-corrected chi connectivity index (χ2v) is 6.46. The summed E-state index contributed by atoms with van der Waals surface area (Å²) in [5, 5.41) is 16.9. The number of benzene rings is 1. The summed E-state index contributed by atoms with van der Waals surface area (Å²) in [5.41, 5.74) is 3.43. The lowest BCUT2D eigenvalue weighted by atomic mass is 10.0. The Morgan fingerprint density at radius 3 is 2.96 bits per heavy atom. The van der Waals surface area contributed by atoms with E-state index in [1.807, 2.05) is 13.0 Å². The average molecular weight is 369 g/mol. The molecule has 1 aliphatic rings. The maximum absolute atomic E-state index is 9.29. The molecule has 1 aromatic carbocycles. The van der Waals surface area contributed by atoms with Crippen LogP contribution in [0.15, 0.2) is 32.8 Å². The predicted molar refractivity (Wildman–Crippen MR) is 100 cm³/mol. The summed E-state index contributed by atoms with van der Waals surface area (Å²) in [6.07, 6.45) is 3.05. The van der Waals surface area contributed by atoms with Crippen LogP contribution >= 0.6 is 11.6 Å². The second-order valence-electron chi connectivity index (χ2n) is 6.02. The molecule has 1 atom stereocenters. The molecule has 0 aliphatic heterocycles. The summed E-state index contributed by atoms with van der Waals surface area (Å²) in [6.45, 7) is 7.13. The zero-order chi connectivity index (χ0) is 18.7. The summed E-state index contributed by atoms with van der Waals surface area (Å²) in [4.78, 5) is 12.4. The molecule has 7 nitrogen and oxygen atoms in total. The first-order valence-electron chi connectivity index (χ1n) is 8.00. The molecule has 1 N–H and O–H groups in total. The van der Waals surface area contributed by atoms with Gasteiger partial charge in [0.1, 0.15) is 0 Å². The Labute approximate surface area is 156 Å². The van der Waals surface area contributed by atoms with E-state index in [9.17, 15) is 5.26 Å². The lowest BCUT2D eigenvalue weighted by molar-refractivity contribution is 0.402. The highest BCUT2D eigenvalue weighted by molar-refractivity contribution is 6.30. The van der Waals surface area contributed by atoms with Crippen molar-refractivity contribution in [3.8, 4) is 6.07 Å². The van der Waals surface area contributed by atoms with Gasteiger partial charge in [0.15, 0.2) is 5.82 Å². The van der Waals surface area contributed by atoms with E-state index in [-0.39, 0.29) is 6.04 Å². The molecule has 1 aliphatic carbocycles. The number of aliphatic imine (C=N–C) groups is 2. The highest BCUT2D eigenvalue weighted by Crippen LogP contribution is 2.29. The number of aryl methyl sites for hydroxylation is 1. The Morgan fingerprint density at radius 2 is 2.31 bits per heavy atom. The smallest absolute Gasteiger partial charge is 0.255 e. The Morgan fingerprint density at radius 1 is 1.50 bits per heavy atom. The second kappa shape index (κ2) is 7.50. The SMILES string of the molecule is C=N/C(=N\C=C(/C)c1nc(C)no1)N[C@H]1Cc2cc(Cl)cc(C#N)c2C1. The van der Waals surface area contributed by atoms with Crippen LogP contribution in [0, 0.1) is 18.3 Å². The van der Waals surface area contributed by atoms with Crippen molar-refractivity contribution in [3.05, 3.63) is 51.8 Å². The van der Waals surface area contributed by atoms with Crippen molar-refractivity contribution >= 4 is 29.9 Å². The monoisotopic (exact) mass is 368 g/mol. The van der Waals surface area contributed by atoms with Crippen molar-refractivity contribution in [2.24, 2.45) is 9.98 Å². The Kier molecular flexibility index (Phi) is 5.14. The fourth-order valence-electron chi connectivity index (χ4n) is 2.88. The largest absolute Gasteiger partial charge is 0.351 e. The number of halogens is 1. The topological polar surface area (TPSA) is 99.5 Å². The summed E-state index contributed by atoms with van der Waals surface area (Å²) in [6, 6.07) is 5.87. The molecule has 0 radical (unpaired) electrons. The van der Waals surface area contributed by atoms with Crippen LogP contribution in [0.25, 0.3) is 5.57 Å². The number of rotatable bonds is 3. The number of hydrogen-bond acceptors (Lipinski definition) is 5. The van der Waals surface area contributed by atoms with Crippen LogP contribution in [0.5, 0.6) is 0 Å². The molecule has 0 amide bonds. The van der Waals surface area contributed by atoms with Gasteiger partial charge in [0, 0.05) is 22.8 Å². The fraction of sp³-hybridized carbons (Fsp3) is 0.278. The van der Waals surface area contributed by atoms with Crippen LogP contribution in [0.4, 0.5) is 0 Å². The van der Waals surface area contributed by atoms with E-state index in [0.29, 0.717) is 34.7 Å². The van der Waals surface area contributed by atoms with Gasteiger partial charge >= 0.3 is 0 Å². The molecule has 8 heteroatoms. The molecule has 0 fully saturated rings. The highest BCUT2D eigenvalue weighted by Gasteiger charge is 2.25. The van der Waals surface area contributed by atoms with Gasteiger partial charge in [-0.3, -0.25) is 0 Å². The quantitative estimate of drug-likeness (QED) is 0.662. The standard InChI is InChI=1S/C18H17ClN6O/c1-10(17-23-11(2)25-26-17)9-22-18(21-3)24-15-6-12-4-14(19)5-13(8-20)16(12)7-15/h4-5,9,15H,3,6-7H2,1-2H3,(H,22,24)/b10-9+/t15-/m0/s1. The molecule has 2 aromatic rings. The molecular formula is C18H17ClN6O. The van der Waals surface area contributed by atoms with Crippen LogP contribution in [0.3, 0.4) is 0 Å². The Balaban J connectivity index is 1.73. The van der Waals surface area contributed by atoms with E-state index < -0.39 is 0 Å². The van der Waals surface area contributed by atoms with E-state index >= 15 is 0 Å². The van der Waals surface area contributed by atoms with Crippen LogP contribution in [-0.2, 0) is 12.8 Å². The third-order valence-electron chi connectivity index (χ3n) is 4.07. The molecule has 132 valence electrons. The molecule has 26 heavy (non-hydrogen) atoms. The minimum atomic E-state index is 0.0687. The molecular weight excluding hydrogens is 352 g/mol. The minimum Gasteiger partial charge on any atom is -0.351 e. The third-order valence-corrected chi connectivity index (χ3v) is 4.29. The van der Waals surface area contributed by atoms with Crippen LogP contribution < -0.4 is 5.32 Å². The number of hydrogen-bond donors (Lipinski definition) is 1. The van der Waals surface area contributed by atoms with Crippen molar-refractivity contribution in [1.82, 2.24) is 15.5 Å². The fourth-order valence-corrected chi connectivity index (χ4v) is 3.12. The zero-order valence-electron chi connectivity index (χ0n) is 14.5. The maximum atomic E-state index is 9.29. The minimum absolute atomic E-state index is 0.0687. The zero-order valence-corrected chi connectivity index (χ0v) is 15.2. The molecule has 1 aromatic heterocycles. The predicted octanol–water partition coefficient (Wildman–Crippen LogP) is 3.08. The molecule has 1 heterocycles. The molecule has 0 unspecified atom stereocenters. The van der Waals surface area contributed by atoms with Gasteiger partial charge in [0.25, 0.3) is 5.89 Å². The van der Waals surface area contributed by atoms with E-state index in [2.05, 4.69) is 38.2 Å². The number of nitriles is 1. The number of allylic oxidation sites excluding steroid dienone is 1. The lowest BCUT2D eigenvalue weighted by Gasteiger charge is -2.11. The maximum Gasteiger partial charge on any atom is 0.255 e. The lowest BCUT2D eigenvalue weighted by Crippen LogP contribution is -2.34. The third kappa shape index (κ3) is 3.81. The number of guanidine groups is 1. The van der Waals surface area contributed by atoms with E-state index in [0.717, 1.165) is 23.1 Å². The van der Waals surface area contributed by atoms with Gasteiger partial charge < -0.3 is 9.84 Å². The van der Waals surface area contributed by atoms with Gasteiger partial charge in [-0.1, -0.05) is 16.8 Å². The average Bonchev–Trinajstić information content (AvgIpc) is 3.23. The molecule has 0 spiro atoms. The van der Waals surface area contributed by atoms with Crippen LogP contribution in [0.2, 0.25) is 5.02 Å². The molecule has 0 saturated heterocycles. The number of nitrogens with one attached hydrogen (secondary N) is 1. The summed E-state index contributed by atoms with van der Waals surface area (Å²) in [7, 11) is 0. The Bertz CT molecular complexity index is 953. The van der Waals surface area contributed by atoms with Crippen molar-refractivity contribution < 1.29 is 4.52 Å². The Hall–Kier alpha value is -2.98. The number of aromatic nitrogens is 2. The normalized spacial score (nSPS) is 16.9. The highest BCUT2D eigenvalue weighted by atomic mass is 35.5. The van der Waals surface area contributed by atoms with Gasteiger partial charge in [-0.2, -0.15) is 10.2 Å². The van der Waals surface area contributed by atoms with Crippen molar-refractivity contribution in [2.75, 3.05) is 0 Å². The van der Waals surface area contributed by atoms with Gasteiger partial charge in [0.2, 0.25) is 5.96 Å². The summed E-state index contributed by atoms with van der Waals surface area (Å²) < 4.78 is 5.10. The molecule has 3 rings (SSSR count). The van der Waals surface area contributed by atoms with Gasteiger partial charge in [-0.15, -0.1) is 0 Å². The first kappa shape index (κ1) is 17.8. The molecule has 0 bridgehead atoms. The van der Waals surface area contributed by atoms with Crippen molar-refractivity contribution in [2.45, 2.75) is 32.7 Å². The first-order chi connectivity index (χ1) is 12.5. The molecule has 0 saturated carbocycles. The van der Waals surface area contributed by atoms with Crippen LogP contribution in [0.1, 0.15) is 35.3 Å². The number of fused-ring (bicyclic) bond motifs is 1. The number of nitrogens with zero attached hydrogens (tertiary/aromatic N) is 5. The van der Waals surface area contributed by atoms with Crippen LogP contribution in [-0.4, -0.2) is 28.9 Å². The van der Waals surface area contributed by atoms with Gasteiger partial charge in [-0.25, -0.2) is 9.98 Å². The summed E-state index contributed by atoms with van der Waals surface area (Å²) in [5.74, 6) is 1.37.